The van der Waals surface area contributed by atoms with Crippen molar-refractivity contribution < 1.29 is 9.53 Å². The average Bonchev–Trinajstić information content (AvgIpc) is 2.60. The van der Waals surface area contributed by atoms with Crippen molar-refractivity contribution in [2.24, 2.45) is 10.1 Å². The Morgan fingerprint density at radius 3 is 3.00 bits per heavy atom. The van der Waals surface area contributed by atoms with E-state index in [0.717, 1.165) is 11.3 Å². The normalized spacial score (nSPS) is 13.3. The molecule has 9 heteroatoms. The molecule has 1 aliphatic heterocycles. The van der Waals surface area contributed by atoms with Crippen LogP contribution in [0.15, 0.2) is 41.2 Å². The van der Waals surface area contributed by atoms with Gasteiger partial charge in [0.1, 0.15) is 23.9 Å². The zero-order valence-corrected chi connectivity index (χ0v) is 14.6. The van der Waals surface area contributed by atoms with Crippen molar-refractivity contribution in [2.75, 3.05) is 11.3 Å². The number of amidine groups is 1. The van der Waals surface area contributed by atoms with Crippen molar-refractivity contribution in [2.45, 2.75) is 19.4 Å². The third kappa shape index (κ3) is 4.00. The predicted molar refractivity (Wildman–Crippen MR) is 97.5 cm³/mol. The monoisotopic (exact) mass is 358 g/mol. The highest BCUT2D eigenvalue weighted by molar-refractivity contribution is 7.99. The molecule has 1 aliphatic rings. The molecule has 25 heavy (non-hydrogen) atoms. The molecule has 8 nitrogen and oxygen atoms in total. The van der Waals surface area contributed by atoms with Crippen LogP contribution in [0.2, 0.25) is 0 Å². The summed E-state index contributed by atoms with van der Waals surface area (Å²) < 4.78 is 13.1. The minimum Gasteiger partial charge on any atom is -0.490 e. The number of hydrogen-bond acceptors (Lipinski definition) is 8. The van der Waals surface area contributed by atoms with Crippen molar-refractivity contribution in [3.05, 3.63) is 48.0 Å². The first-order chi connectivity index (χ1) is 12.0. The molecular formula is C16H18N6O2S. The minimum absolute atomic E-state index is 0.246. The smallest absolute Gasteiger partial charge is 0.272 e. The Kier molecular flexibility index (Phi) is 4.75. The molecule has 0 saturated heterocycles. The number of nitrogens with zero attached hydrogens (tertiary/aromatic N) is 3. The number of benzene rings is 1. The van der Waals surface area contributed by atoms with E-state index < -0.39 is 5.54 Å². The highest BCUT2D eigenvalue weighted by Gasteiger charge is 2.25. The fourth-order valence-electron chi connectivity index (χ4n) is 2.25. The van der Waals surface area contributed by atoms with Crippen LogP contribution in [0.1, 0.15) is 29.9 Å². The molecule has 3 rings (SSSR count). The van der Waals surface area contributed by atoms with Crippen molar-refractivity contribution in [3.63, 3.8) is 0 Å². The highest BCUT2D eigenvalue weighted by Crippen LogP contribution is 2.32. The Hall–Kier alpha value is -2.81. The maximum absolute atomic E-state index is 12.2. The summed E-state index contributed by atoms with van der Waals surface area (Å²) in [6.07, 6.45) is 4.41. The second-order valence-electron chi connectivity index (χ2n) is 6.07. The Labute approximate surface area is 149 Å². The van der Waals surface area contributed by atoms with Crippen LogP contribution in [0.3, 0.4) is 0 Å². The summed E-state index contributed by atoms with van der Waals surface area (Å²) in [6.45, 7) is 3.97. The van der Waals surface area contributed by atoms with Crippen molar-refractivity contribution >= 4 is 29.6 Å². The van der Waals surface area contributed by atoms with Crippen LogP contribution in [0.4, 0.5) is 5.69 Å². The summed E-state index contributed by atoms with van der Waals surface area (Å²) in [5.41, 5.74) is 7.16. The third-order valence-corrected chi connectivity index (χ3v) is 4.02. The van der Waals surface area contributed by atoms with Crippen molar-refractivity contribution in [3.8, 4) is 5.75 Å². The summed E-state index contributed by atoms with van der Waals surface area (Å²) in [5, 5.41) is 2.89. The Balaban J connectivity index is 1.69. The van der Waals surface area contributed by atoms with Crippen LogP contribution >= 0.6 is 12.1 Å². The van der Waals surface area contributed by atoms with Gasteiger partial charge in [0.05, 0.1) is 35.1 Å². The van der Waals surface area contributed by atoms with Gasteiger partial charge in [-0.05, 0) is 26.0 Å². The number of carbonyl (C=O) groups excluding carboxylic acids is 1. The molecule has 1 aromatic heterocycles. The number of nitrogens with one attached hydrogen (secondary N) is 2. The van der Waals surface area contributed by atoms with E-state index in [-0.39, 0.29) is 18.2 Å². The number of nitrogens with two attached hydrogens (primary N) is 1. The van der Waals surface area contributed by atoms with Crippen molar-refractivity contribution in [1.82, 2.24) is 15.3 Å². The van der Waals surface area contributed by atoms with E-state index in [9.17, 15) is 4.79 Å². The number of fused-ring (bicyclic) bond motifs is 1. The number of anilines is 1. The maximum Gasteiger partial charge on any atom is 0.272 e. The lowest BCUT2D eigenvalue weighted by Gasteiger charge is -2.27. The molecule has 4 N–H and O–H groups in total. The fourth-order valence-corrected chi connectivity index (χ4v) is 2.75. The van der Waals surface area contributed by atoms with Crippen LogP contribution in [0.25, 0.3) is 0 Å². The molecule has 2 aromatic rings. The SMILES string of the molecule is CC(C)(COc1cccc2c1C(N)=NSN2)NC(=O)c1cnccn1. The maximum atomic E-state index is 12.2. The summed E-state index contributed by atoms with van der Waals surface area (Å²) in [6, 6.07) is 5.59. The van der Waals surface area contributed by atoms with Crippen molar-refractivity contribution in [1.29, 1.82) is 0 Å². The number of rotatable bonds is 5. The molecule has 2 heterocycles. The number of aromatic nitrogens is 2. The number of carbonyl (C=O) groups is 1. The lowest BCUT2D eigenvalue weighted by atomic mass is 10.1. The molecule has 1 amide bonds. The number of amides is 1. The predicted octanol–water partition coefficient (Wildman–Crippen LogP) is 1.76. The first-order valence-corrected chi connectivity index (χ1v) is 8.34. The molecule has 1 aromatic carbocycles. The average molecular weight is 358 g/mol. The van der Waals surface area contributed by atoms with Gasteiger partial charge in [0.15, 0.2) is 0 Å². The first kappa shape index (κ1) is 17.0. The molecule has 0 spiro atoms. The van der Waals surface area contributed by atoms with E-state index >= 15 is 0 Å². The van der Waals surface area contributed by atoms with Gasteiger partial charge >= 0.3 is 0 Å². The van der Waals surface area contributed by atoms with E-state index in [1.807, 2.05) is 32.0 Å². The largest absolute Gasteiger partial charge is 0.490 e. The second kappa shape index (κ2) is 6.98. The topological polar surface area (TPSA) is 115 Å². The van der Waals surface area contributed by atoms with Crippen LogP contribution < -0.4 is 20.5 Å². The molecule has 0 aliphatic carbocycles. The highest BCUT2D eigenvalue weighted by atomic mass is 32.2. The van der Waals surface area contributed by atoms with Gasteiger partial charge in [0.25, 0.3) is 5.91 Å². The molecule has 0 saturated carbocycles. The molecule has 0 atom stereocenters. The Bertz CT molecular complexity index is 810. The molecule has 130 valence electrons. The fraction of sp³-hybridized carbons (Fsp3) is 0.250. The lowest BCUT2D eigenvalue weighted by molar-refractivity contribution is 0.0875. The lowest BCUT2D eigenvalue weighted by Crippen LogP contribution is -2.48. The second-order valence-corrected chi connectivity index (χ2v) is 6.64. The van der Waals surface area contributed by atoms with E-state index in [1.54, 1.807) is 0 Å². The van der Waals surface area contributed by atoms with Gasteiger partial charge in [-0.15, -0.1) is 0 Å². The Morgan fingerprint density at radius 2 is 2.24 bits per heavy atom. The van der Waals surface area contributed by atoms with Crippen LogP contribution in [0, 0.1) is 0 Å². The zero-order chi connectivity index (χ0) is 17.9. The van der Waals surface area contributed by atoms with Gasteiger partial charge in [-0.1, -0.05) is 6.07 Å². The van der Waals surface area contributed by atoms with E-state index in [1.165, 1.54) is 30.7 Å². The molecular weight excluding hydrogens is 340 g/mol. The molecule has 0 unspecified atom stereocenters. The third-order valence-electron chi connectivity index (χ3n) is 3.42. The van der Waals surface area contributed by atoms with Gasteiger partial charge in [-0.3, -0.25) is 9.78 Å². The van der Waals surface area contributed by atoms with Crippen LogP contribution in [-0.4, -0.2) is 33.9 Å². The molecule has 0 bridgehead atoms. The molecule has 0 fully saturated rings. The summed E-state index contributed by atoms with van der Waals surface area (Å²) in [5.74, 6) is 0.695. The van der Waals surface area contributed by atoms with Gasteiger partial charge in [-0.2, -0.15) is 4.40 Å². The van der Waals surface area contributed by atoms with Gasteiger partial charge in [0.2, 0.25) is 0 Å². The van der Waals surface area contributed by atoms with Crippen LogP contribution in [-0.2, 0) is 0 Å². The minimum atomic E-state index is -0.625. The molecule has 0 radical (unpaired) electrons. The van der Waals surface area contributed by atoms with Crippen LogP contribution in [0.5, 0.6) is 5.75 Å². The van der Waals surface area contributed by atoms with E-state index in [4.69, 9.17) is 10.5 Å². The Morgan fingerprint density at radius 1 is 1.40 bits per heavy atom. The zero-order valence-electron chi connectivity index (χ0n) is 13.8. The number of ether oxygens (including phenoxy) is 1. The van der Waals surface area contributed by atoms with E-state index in [2.05, 4.69) is 24.4 Å². The van der Waals surface area contributed by atoms with Gasteiger partial charge < -0.3 is 20.5 Å². The van der Waals surface area contributed by atoms with Gasteiger partial charge in [-0.25, -0.2) is 4.98 Å². The van der Waals surface area contributed by atoms with E-state index in [0.29, 0.717) is 11.6 Å². The first-order valence-electron chi connectivity index (χ1n) is 7.56. The number of hydrogen-bond donors (Lipinski definition) is 3. The standard InChI is InChI=1S/C16H18N6O2S/c1-16(2,20-15(23)11-8-18-6-7-19-11)9-24-12-5-3-4-10-13(12)14(17)22-25-21-10/h3-8,21H,9H2,1-2H3,(H2,17,22)(H,20,23). The quantitative estimate of drug-likeness (QED) is 0.698. The summed E-state index contributed by atoms with van der Waals surface area (Å²) in [4.78, 5) is 20.1. The summed E-state index contributed by atoms with van der Waals surface area (Å²) in [7, 11) is 0. The summed E-state index contributed by atoms with van der Waals surface area (Å²) >= 11 is 1.17. The van der Waals surface area contributed by atoms with Gasteiger partial charge in [0, 0.05) is 12.4 Å².